The van der Waals surface area contributed by atoms with Crippen molar-refractivity contribution in [1.29, 1.82) is 0 Å². The van der Waals surface area contributed by atoms with E-state index in [1.165, 1.54) is 39.2 Å². The van der Waals surface area contributed by atoms with E-state index in [4.69, 9.17) is 0 Å². The Balaban J connectivity index is 0.00000194. The van der Waals surface area contributed by atoms with Crippen LogP contribution >= 0.6 is 11.8 Å². The van der Waals surface area contributed by atoms with Crippen LogP contribution in [-0.4, -0.2) is 0 Å². The molecule has 204 valence electrons. The lowest BCUT2D eigenvalue weighted by atomic mass is 10.3. The van der Waals surface area contributed by atoms with Gasteiger partial charge in [0.05, 0.1) is 9.79 Å². The maximum Gasteiger partial charge on any atom is 0.180 e. The van der Waals surface area contributed by atoms with Crippen LogP contribution in [0.1, 0.15) is 0 Å². The highest BCUT2D eigenvalue weighted by molar-refractivity contribution is 8.02. The Labute approximate surface area is 265 Å². The first-order valence-electron chi connectivity index (χ1n) is 12.9. The molecule has 6 aromatic rings. The zero-order chi connectivity index (χ0) is 26.3. The first-order chi connectivity index (χ1) is 19.4. The van der Waals surface area contributed by atoms with Gasteiger partial charge in [-0.05, 0) is 72.8 Å². The Morgan fingerprint density at radius 2 is 0.537 bits per heavy atom. The van der Waals surface area contributed by atoms with Crippen molar-refractivity contribution in [2.75, 3.05) is 0 Å². The smallest absolute Gasteiger partial charge is 0.180 e. The van der Waals surface area contributed by atoms with Crippen molar-refractivity contribution in [3.63, 3.8) is 0 Å². The molecule has 0 unspecified atom stereocenters. The molecule has 41 heavy (non-hydrogen) atoms. The number of hydrogen-bond donors (Lipinski definition) is 0. The van der Waals surface area contributed by atoms with Crippen molar-refractivity contribution in [1.82, 2.24) is 0 Å². The molecule has 0 heterocycles. The first-order valence-corrected chi connectivity index (χ1v) is 16.2. The molecule has 0 aliphatic carbocycles. The molecule has 0 nitrogen and oxygen atoms in total. The average molecular weight is 628 g/mol. The normalized spacial score (nSPS) is 10.6. The van der Waals surface area contributed by atoms with E-state index in [-0.39, 0.29) is 46.6 Å². The summed E-state index contributed by atoms with van der Waals surface area (Å²) in [7, 11) is -0.415. The van der Waals surface area contributed by atoms with E-state index >= 15 is 0 Å². The van der Waals surface area contributed by atoms with Gasteiger partial charge in [0.15, 0.2) is 29.4 Å². The average Bonchev–Trinajstić information content (AvgIpc) is 3.01. The molecule has 0 spiro atoms. The van der Waals surface area contributed by atoms with E-state index in [2.05, 4.69) is 170 Å². The lowest BCUT2D eigenvalue weighted by Crippen LogP contribution is -3.00. The third-order valence-electron chi connectivity index (χ3n) is 6.27. The van der Waals surface area contributed by atoms with Gasteiger partial charge in [-0.3, -0.25) is 0 Å². The van der Waals surface area contributed by atoms with E-state index in [0.29, 0.717) is 0 Å². The highest BCUT2D eigenvalue weighted by atomic mass is 35.5. The van der Waals surface area contributed by atoms with Gasteiger partial charge in [-0.1, -0.05) is 109 Å². The molecule has 0 amide bonds. The van der Waals surface area contributed by atoms with E-state index < -0.39 is 0 Å². The maximum absolute atomic E-state index is 2.31. The third-order valence-corrected chi connectivity index (χ3v) is 12.2. The molecule has 0 atom stereocenters. The Morgan fingerprint density at radius 3 is 0.829 bits per heavy atom. The van der Waals surface area contributed by atoms with Gasteiger partial charge in [-0.25, -0.2) is 0 Å². The zero-order valence-corrected chi connectivity index (χ0v) is 26.1. The van der Waals surface area contributed by atoms with Crippen LogP contribution in [0.4, 0.5) is 0 Å². The molecule has 0 bridgehead atoms. The number of benzene rings is 6. The minimum atomic E-state index is -0.208. The van der Waals surface area contributed by atoms with Crippen LogP contribution in [0, 0.1) is 0 Å². The molecule has 0 fully saturated rings. The SMILES string of the molecule is [Cl-].[Cl-].c1ccc([S+](c2ccccc2)c2ccccc2Sc2ccccc2[S+](c2ccccc2)c2ccccc2)cc1. The van der Waals surface area contributed by atoms with Crippen LogP contribution in [0.5, 0.6) is 0 Å². The van der Waals surface area contributed by atoms with Gasteiger partial charge in [0.25, 0.3) is 0 Å². The third kappa shape index (κ3) is 7.24. The second kappa shape index (κ2) is 15.3. The van der Waals surface area contributed by atoms with Gasteiger partial charge in [0.1, 0.15) is 21.8 Å². The minimum Gasteiger partial charge on any atom is -1.00 e. The van der Waals surface area contributed by atoms with E-state index in [1.807, 2.05) is 11.8 Å². The molecule has 0 N–H and O–H groups in total. The monoisotopic (exact) mass is 626 g/mol. The second-order valence-electron chi connectivity index (χ2n) is 8.86. The topological polar surface area (TPSA) is 0 Å². The summed E-state index contributed by atoms with van der Waals surface area (Å²) in [4.78, 5) is 10.6. The van der Waals surface area contributed by atoms with Crippen LogP contribution in [0.25, 0.3) is 0 Å². The summed E-state index contributed by atoms with van der Waals surface area (Å²) in [5.74, 6) is 0. The molecule has 0 saturated heterocycles. The minimum absolute atomic E-state index is 0. The standard InChI is InChI=1S/C36H28S3.2ClH/c1-5-17-29(18-6-1)38(30-19-7-2-8-20-30)35-27-15-13-25-33(35)37-34-26-14-16-28-36(34)39(31-21-9-3-10-22-31)32-23-11-4-12-24-32;;/h1-28H;2*1H/q+2;;/p-2. The molecule has 6 aromatic carbocycles. The summed E-state index contributed by atoms with van der Waals surface area (Å²) < 4.78 is 0. The van der Waals surface area contributed by atoms with Crippen molar-refractivity contribution < 1.29 is 24.8 Å². The van der Waals surface area contributed by atoms with Gasteiger partial charge in [-0.2, -0.15) is 0 Å². The Hall–Kier alpha value is -3.05. The van der Waals surface area contributed by atoms with Gasteiger partial charge >= 0.3 is 0 Å². The lowest BCUT2D eigenvalue weighted by molar-refractivity contribution is -0.00100. The highest BCUT2D eigenvalue weighted by Gasteiger charge is 2.34. The number of rotatable bonds is 8. The fourth-order valence-corrected chi connectivity index (χ4v) is 10.4. The van der Waals surface area contributed by atoms with E-state index in [1.54, 1.807) is 0 Å². The number of halogens is 2. The molecule has 0 aromatic heterocycles. The van der Waals surface area contributed by atoms with Crippen molar-refractivity contribution >= 4 is 33.6 Å². The second-order valence-corrected chi connectivity index (χ2v) is 13.9. The number of hydrogen-bond acceptors (Lipinski definition) is 1. The Kier molecular flexibility index (Phi) is 11.5. The van der Waals surface area contributed by atoms with Crippen LogP contribution in [-0.2, 0) is 21.8 Å². The lowest BCUT2D eigenvalue weighted by Gasteiger charge is -2.14. The van der Waals surface area contributed by atoms with Crippen LogP contribution < -0.4 is 24.8 Å². The fraction of sp³-hybridized carbons (Fsp3) is 0. The van der Waals surface area contributed by atoms with Crippen molar-refractivity contribution in [2.24, 2.45) is 0 Å². The molecule has 6 rings (SSSR count). The van der Waals surface area contributed by atoms with Crippen molar-refractivity contribution in [3.05, 3.63) is 170 Å². The van der Waals surface area contributed by atoms with Crippen LogP contribution in [0.2, 0.25) is 0 Å². The summed E-state index contributed by atoms with van der Waals surface area (Å²) in [5, 5.41) is 0. The largest absolute Gasteiger partial charge is 1.00 e. The van der Waals surface area contributed by atoms with Crippen molar-refractivity contribution in [2.45, 2.75) is 39.2 Å². The zero-order valence-electron chi connectivity index (χ0n) is 22.1. The van der Waals surface area contributed by atoms with Gasteiger partial charge in [0, 0.05) is 0 Å². The van der Waals surface area contributed by atoms with E-state index in [0.717, 1.165) is 0 Å². The highest BCUT2D eigenvalue weighted by Crippen LogP contribution is 2.43. The summed E-state index contributed by atoms with van der Waals surface area (Å²) in [6.07, 6.45) is 0. The summed E-state index contributed by atoms with van der Waals surface area (Å²) in [6, 6.07) is 61.5. The quantitative estimate of drug-likeness (QED) is 0.230. The van der Waals surface area contributed by atoms with Crippen LogP contribution in [0.3, 0.4) is 0 Å². The molecular formula is C36H28Cl2S3. The van der Waals surface area contributed by atoms with E-state index in [9.17, 15) is 0 Å². The fourth-order valence-electron chi connectivity index (χ4n) is 4.53. The molecular weight excluding hydrogens is 600 g/mol. The maximum atomic E-state index is 2.31. The van der Waals surface area contributed by atoms with Gasteiger partial charge in [0.2, 0.25) is 0 Å². The molecule has 0 radical (unpaired) electrons. The van der Waals surface area contributed by atoms with Crippen molar-refractivity contribution in [3.8, 4) is 0 Å². The van der Waals surface area contributed by atoms with Crippen LogP contribution in [0.15, 0.2) is 209 Å². The summed E-state index contributed by atoms with van der Waals surface area (Å²) in [6.45, 7) is 0. The van der Waals surface area contributed by atoms with Gasteiger partial charge in [-0.15, -0.1) is 0 Å². The molecule has 5 heteroatoms. The Bertz CT molecular complexity index is 1430. The predicted octanol–water partition coefficient (Wildman–Crippen LogP) is 4.04. The summed E-state index contributed by atoms with van der Waals surface area (Å²) >= 11 is 1.89. The molecule has 0 aliphatic rings. The summed E-state index contributed by atoms with van der Waals surface area (Å²) in [5.41, 5.74) is 0. The molecule has 0 aliphatic heterocycles. The first kappa shape index (κ1) is 30.9. The Morgan fingerprint density at radius 1 is 0.293 bits per heavy atom. The molecule has 0 saturated carbocycles. The predicted molar refractivity (Wildman–Crippen MR) is 167 cm³/mol. The van der Waals surface area contributed by atoms with Gasteiger partial charge < -0.3 is 24.8 Å².